The van der Waals surface area contributed by atoms with Crippen molar-refractivity contribution in [2.45, 2.75) is 32.2 Å². The molecule has 2 heterocycles. The molecular weight excluding hydrogens is 282 g/mol. The van der Waals surface area contributed by atoms with Crippen molar-refractivity contribution in [3.05, 3.63) is 46.5 Å². The fourth-order valence-corrected chi connectivity index (χ4v) is 3.39. The van der Waals surface area contributed by atoms with Crippen LogP contribution in [0.3, 0.4) is 0 Å². The summed E-state index contributed by atoms with van der Waals surface area (Å²) in [5, 5.41) is 7.01. The van der Waals surface area contributed by atoms with E-state index < -0.39 is 5.41 Å². The summed E-state index contributed by atoms with van der Waals surface area (Å²) in [5.74, 6) is -0.0206. The van der Waals surface area contributed by atoms with Crippen LogP contribution in [-0.2, 0) is 23.2 Å². The van der Waals surface area contributed by atoms with E-state index in [1.807, 2.05) is 44.2 Å². The largest absolute Gasteiger partial charge is 0.311 e. The molecule has 1 aromatic carbocycles. The van der Waals surface area contributed by atoms with Crippen LogP contribution >= 0.6 is 11.3 Å². The quantitative estimate of drug-likeness (QED) is 0.916. The molecule has 1 aliphatic rings. The van der Waals surface area contributed by atoms with E-state index in [4.69, 9.17) is 0 Å². The van der Waals surface area contributed by atoms with Crippen LogP contribution in [0.15, 0.2) is 30.3 Å². The number of nitrogens with one attached hydrogen (secondary N) is 2. The lowest BCUT2D eigenvalue weighted by Gasteiger charge is -2.23. The monoisotopic (exact) mass is 301 g/mol. The number of carbonyl (C=O) groups excluding carboxylic acids is 1. The molecule has 1 aliphatic heterocycles. The number of benzene rings is 1. The molecule has 0 saturated heterocycles. The molecule has 1 amide bonds. The van der Waals surface area contributed by atoms with E-state index in [9.17, 15) is 4.79 Å². The van der Waals surface area contributed by atoms with Gasteiger partial charge in [0.1, 0.15) is 0 Å². The minimum Gasteiger partial charge on any atom is -0.311 e. The molecular formula is C16H19N3OS. The predicted octanol–water partition coefficient (Wildman–Crippen LogP) is 2.71. The van der Waals surface area contributed by atoms with Gasteiger partial charge in [0.25, 0.3) is 0 Å². The number of hydrogen-bond donors (Lipinski definition) is 2. The number of rotatable bonds is 3. The lowest BCUT2D eigenvalue weighted by atomic mass is 9.84. The van der Waals surface area contributed by atoms with Gasteiger partial charge in [0.15, 0.2) is 5.13 Å². The molecule has 0 atom stereocenters. The minimum absolute atomic E-state index is 0.0206. The molecule has 2 aromatic rings. The van der Waals surface area contributed by atoms with Gasteiger partial charge >= 0.3 is 0 Å². The van der Waals surface area contributed by atoms with Gasteiger partial charge in [-0.15, -0.1) is 11.3 Å². The highest BCUT2D eigenvalue weighted by atomic mass is 32.1. The molecule has 0 spiro atoms. The first-order chi connectivity index (χ1) is 10.1. The lowest BCUT2D eigenvalue weighted by Crippen LogP contribution is -2.34. The Balaban J connectivity index is 1.78. The van der Waals surface area contributed by atoms with Crippen molar-refractivity contribution >= 4 is 22.4 Å². The highest BCUT2D eigenvalue weighted by Gasteiger charge is 2.30. The summed E-state index contributed by atoms with van der Waals surface area (Å²) in [7, 11) is 0. The number of thiazole rings is 1. The number of nitrogens with zero attached hydrogens (tertiary/aromatic N) is 1. The fraction of sp³-hybridized carbons (Fsp3) is 0.375. The zero-order valence-electron chi connectivity index (χ0n) is 12.3. The second kappa shape index (κ2) is 5.58. The molecule has 0 radical (unpaired) electrons. The van der Waals surface area contributed by atoms with E-state index in [0.717, 1.165) is 30.8 Å². The second-order valence-corrected chi connectivity index (χ2v) is 6.84. The van der Waals surface area contributed by atoms with Crippen LogP contribution in [0.5, 0.6) is 0 Å². The average molecular weight is 301 g/mol. The number of aromatic nitrogens is 1. The molecule has 0 aliphatic carbocycles. The van der Waals surface area contributed by atoms with E-state index in [1.165, 1.54) is 4.88 Å². The highest BCUT2D eigenvalue weighted by Crippen LogP contribution is 2.29. The minimum atomic E-state index is -0.578. The zero-order valence-corrected chi connectivity index (χ0v) is 13.1. The van der Waals surface area contributed by atoms with Crippen molar-refractivity contribution in [2.24, 2.45) is 0 Å². The van der Waals surface area contributed by atoms with Crippen molar-refractivity contribution in [3.63, 3.8) is 0 Å². The molecule has 4 nitrogen and oxygen atoms in total. The van der Waals surface area contributed by atoms with Gasteiger partial charge in [-0.2, -0.15) is 0 Å². The third-order valence-corrected chi connectivity index (χ3v) is 4.90. The molecule has 0 bridgehead atoms. The van der Waals surface area contributed by atoms with E-state index in [0.29, 0.717) is 5.13 Å². The lowest BCUT2D eigenvalue weighted by molar-refractivity contribution is -0.120. The van der Waals surface area contributed by atoms with Gasteiger partial charge in [-0.05, 0) is 19.4 Å². The highest BCUT2D eigenvalue weighted by molar-refractivity contribution is 7.15. The van der Waals surface area contributed by atoms with Crippen molar-refractivity contribution in [1.29, 1.82) is 0 Å². The summed E-state index contributed by atoms with van der Waals surface area (Å²) >= 11 is 1.57. The fourth-order valence-electron chi connectivity index (χ4n) is 2.42. The van der Waals surface area contributed by atoms with Gasteiger partial charge in [0.2, 0.25) is 5.91 Å². The van der Waals surface area contributed by atoms with Crippen LogP contribution in [0.2, 0.25) is 0 Å². The van der Waals surface area contributed by atoms with Crippen LogP contribution in [0.1, 0.15) is 30.0 Å². The van der Waals surface area contributed by atoms with E-state index in [2.05, 4.69) is 15.6 Å². The summed E-state index contributed by atoms with van der Waals surface area (Å²) in [6.45, 7) is 5.68. The summed E-state index contributed by atoms with van der Waals surface area (Å²) in [5.41, 5.74) is 1.54. The van der Waals surface area contributed by atoms with E-state index >= 15 is 0 Å². The zero-order chi connectivity index (χ0) is 14.9. The maximum Gasteiger partial charge on any atom is 0.236 e. The molecule has 0 unspecified atom stereocenters. The Morgan fingerprint density at radius 3 is 2.81 bits per heavy atom. The van der Waals surface area contributed by atoms with Crippen LogP contribution in [-0.4, -0.2) is 17.4 Å². The Labute approximate surface area is 128 Å². The van der Waals surface area contributed by atoms with Gasteiger partial charge < -0.3 is 10.6 Å². The van der Waals surface area contributed by atoms with Gasteiger partial charge in [-0.25, -0.2) is 4.98 Å². The molecule has 0 fully saturated rings. The molecule has 2 N–H and O–H groups in total. The third-order valence-electron chi connectivity index (χ3n) is 3.89. The maximum absolute atomic E-state index is 12.6. The van der Waals surface area contributed by atoms with Crippen LogP contribution in [0, 0.1) is 0 Å². The summed E-state index contributed by atoms with van der Waals surface area (Å²) in [6, 6.07) is 9.84. The van der Waals surface area contributed by atoms with E-state index in [1.54, 1.807) is 11.3 Å². The number of hydrogen-bond acceptors (Lipinski definition) is 4. The average Bonchev–Trinajstić information content (AvgIpc) is 2.90. The number of carbonyl (C=O) groups is 1. The molecule has 21 heavy (non-hydrogen) atoms. The molecule has 5 heteroatoms. The standard InChI is InChI=1S/C16H19N3OS/c1-16(2,11-6-4-3-5-7-11)14(20)19-15-18-12-8-9-17-10-13(12)21-15/h3-7,17H,8-10H2,1-2H3,(H,18,19,20). The normalized spacial score (nSPS) is 14.6. The van der Waals surface area contributed by atoms with Crippen molar-refractivity contribution in [2.75, 3.05) is 11.9 Å². The predicted molar refractivity (Wildman–Crippen MR) is 85.6 cm³/mol. The molecule has 0 saturated carbocycles. The Bertz CT molecular complexity index is 625. The van der Waals surface area contributed by atoms with E-state index in [-0.39, 0.29) is 5.91 Å². The summed E-state index contributed by atoms with van der Waals surface area (Å²) in [6.07, 6.45) is 0.934. The number of anilines is 1. The van der Waals surface area contributed by atoms with Gasteiger partial charge in [0.05, 0.1) is 11.1 Å². The van der Waals surface area contributed by atoms with Gasteiger partial charge in [0, 0.05) is 24.4 Å². The Hall–Kier alpha value is -1.72. The van der Waals surface area contributed by atoms with Crippen molar-refractivity contribution in [1.82, 2.24) is 10.3 Å². The summed E-state index contributed by atoms with van der Waals surface area (Å²) in [4.78, 5) is 18.4. The first-order valence-electron chi connectivity index (χ1n) is 7.13. The van der Waals surface area contributed by atoms with Gasteiger partial charge in [-0.3, -0.25) is 4.79 Å². The second-order valence-electron chi connectivity index (χ2n) is 5.76. The summed E-state index contributed by atoms with van der Waals surface area (Å²) < 4.78 is 0. The van der Waals surface area contributed by atoms with Crippen LogP contribution in [0.25, 0.3) is 0 Å². The van der Waals surface area contributed by atoms with Crippen molar-refractivity contribution < 1.29 is 4.79 Å². The Kier molecular flexibility index (Phi) is 3.78. The topological polar surface area (TPSA) is 54.0 Å². The maximum atomic E-state index is 12.6. The number of fused-ring (bicyclic) bond motifs is 1. The number of amides is 1. The van der Waals surface area contributed by atoms with Gasteiger partial charge in [-0.1, -0.05) is 30.3 Å². The van der Waals surface area contributed by atoms with Crippen LogP contribution < -0.4 is 10.6 Å². The Morgan fingerprint density at radius 1 is 1.33 bits per heavy atom. The SMILES string of the molecule is CC(C)(C(=O)Nc1nc2c(s1)CNCC2)c1ccccc1. The molecule has 3 rings (SSSR count). The molecule has 110 valence electrons. The first-order valence-corrected chi connectivity index (χ1v) is 7.95. The van der Waals surface area contributed by atoms with Crippen LogP contribution in [0.4, 0.5) is 5.13 Å². The first kappa shape index (κ1) is 14.2. The van der Waals surface area contributed by atoms with Crippen molar-refractivity contribution in [3.8, 4) is 0 Å². The smallest absolute Gasteiger partial charge is 0.236 e. The molecule has 1 aromatic heterocycles. The Morgan fingerprint density at radius 2 is 2.10 bits per heavy atom. The third kappa shape index (κ3) is 2.84.